The highest BCUT2D eigenvalue weighted by Crippen LogP contribution is 2.50. The molecule has 2 aromatic carbocycles. The van der Waals surface area contributed by atoms with Crippen LogP contribution in [0.15, 0.2) is 48.5 Å². The van der Waals surface area contributed by atoms with Crippen LogP contribution < -0.4 is 10.6 Å². The number of benzene rings is 2. The number of para-hydroxylation sites is 1. The maximum Gasteiger partial charge on any atom is 0.325 e. The van der Waals surface area contributed by atoms with Gasteiger partial charge in [-0.05, 0) is 23.8 Å². The number of nitrogens with one attached hydrogen (secondary N) is 2. The van der Waals surface area contributed by atoms with Gasteiger partial charge in [0.1, 0.15) is 10.6 Å². The molecule has 0 saturated carbocycles. The highest BCUT2D eigenvalue weighted by Gasteiger charge is 2.69. The maximum atomic E-state index is 13.4. The Labute approximate surface area is 209 Å². The van der Waals surface area contributed by atoms with Crippen molar-refractivity contribution >= 4 is 46.7 Å². The third-order valence-corrected chi connectivity index (χ3v) is 6.84. The molecule has 2 saturated heterocycles. The molecule has 0 bridgehead atoms. The van der Waals surface area contributed by atoms with Gasteiger partial charge in [-0.25, -0.2) is 0 Å². The topological polar surface area (TPSA) is 179 Å². The second-order valence-electron chi connectivity index (χ2n) is 8.56. The summed E-state index contributed by atoms with van der Waals surface area (Å²) in [6.07, 6.45) is -0.981. The van der Waals surface area contributed by atoms with Gasteiger partial charge in [0.15, 0.2) is 0 Å². The number of fused-ring (bicyclic) bond motifs is 1. The highest BCUT2D eigenvalue weighted by atomic mass is 35.5. The van der Waals surface area contributed by atoms with Crippen LogP contribution in [0.25, 0.3) is 0 Å². The quantitative estimate of drug-likeness (QED) is 0.218. The van der Waals surface area contributed by atoms with Crippen LogP contribution in [0.1, 0.15) is 18.0 Å². The molecule has 0 aromatic heterocycles. The standard InChI is InChI=1S/C23H21ClN4O8/c24-14-7-6-12(10-15(14)28(35)36)19-17-18(23(26-19,22(33)34)11-16(29)30)21(32)27(20(17)31)9-8-25-13-4-2-1-3-5-13/h1-7,10,17-19,25-26H,8-9,11H2,(H,29,30)(H,33,34). The number of nitrogens with zero attached hydrogens (tertiary/aromatic N) is 2. The Hall–Kier alpha value is -4.03. The van der Waals surface area contributed by atoms with E-state index in [1.165, 1.54) is 12.1 Å². The molecule has 0 aliphatic carbocycles. The zero-order valence-corrected chi connectivity index (χ0v) is 19.3. The summed E-state index contributed by atoms with van der Waals surface area (Å²) in [6, 6.07) is 11.5. The number of aliphatic carboxylic acids is 2. The second-order valence-corrected chi connectivity index (χ2v) is 8.97. The molecule has 4 rings (SSSR count). The number of carbonyl (C=O) groups is 4. The molecular weight excluding hydrogens is 496 g/mol. The number of hydrogen-bond donors (Lipinski definition) is 4. The molecule has 12 nitrogen and oxygen atoms in total. The van der Waals surface area contributed by atoms with Crippen LogP contribution in [0.3, 0.4) is 0 Å². The van der Waals surface area contributed by atoms with E-state index < -0.39 is 64.2 Å². The third-order valence-electron chi connectivity index (χ3n) is 6.52. The fraction of sp³-hybridized carbons (Fsp3) is 0.304. The van der Waals surface area contributed by atoms with Crippen LogP contribution >= 0.6 is 11.6 Å². The van der Waals surface area contributed by atoms with Gasteiger partial charge >= 0.3 is 11.9 Å². The van der Waals surface area contributed by atoms with Crippen molar-refractivity contribution in [2.24, 2.45) is 11.8 Å². The molecule has 2 heterocycles. The molecule has 2 amide bonds. The maximum absolute atomic E-state index is 13.4. The minimum Gasteiger partial charge on any atom is -0.481 e. The first kappa shape index (κ1) is 25.1. The average molecular weight is 517 g/mol. The highest BCUT2D eigenvalue weighted by molar-refractivity contribution is 6.32. The van der Waals surface area contributed by atoms with Crippen molar-refractivity contribution in [3.63, 3.8) is 0 Å². The van der Waals surface area contributed by atoms with Crippen molar-refractivity contribution < 1.29 is 34.3 Å². The van der Waals surface area contributed by atoms with Crippen LogP contribution in [0.4, 0.5) is 11.4 Å². The summed E-state index contributed by atoms with van der Waals surface area (Å²) in [5, 5.41) is 36.5. The van der Waals surface area contributed by atoms with Gasteiger partial charge < -0.3 is 15.5 Å². The van der Waals surface area contributed by atoms with Gasteiger partial charge in [0.05, 0.1) is 23.2 Å². The minimum absolute atomic E-state index is 0.0875. The molecule has 2 aromatic rings. The van der Waals surface area contributed by atoms with Crippen molar-refractivity contribution in [1.29, 1.82) is 0 Å². The number of nitro benzene ring substituents is 1. The molecule has 2 aliphatic rings. The van der Waals surface area contributed by atoms with E-state index in [2.05, 4.69) is 10.6 Å². The number of hydrogen-bond acceptors (Lipinski definition) is 8. The smallest absolute Gasteiger partial charge is 0.325 e. The Morgan fingerprint density at radius 3 is 2.44 bits per heavy atom. The van der Waals surface area contributed by atoms with E-state index in [1.807, 2.05) is 6.07 Å². The van der Waals surface area contributed by atoms with Gasteiger partial charge in [0.2, 0.25) is 11.8 Å². The number of carbonyl (C=O) groups excluding carboxylic acids is 2. The van der Waals surface area contributed by atoms with Gasteiger partial charge in [-0.1, -0.05) is 35.9 Å². The Kier molecular flexibility index (Phi) is 6.65. The number of nitro groups is 1. The summed E-state index contributed by atoms with van der Waals surface area (Å²) in [7, 11) is 0. The van der Waals surface area contributed by atoms with Gasteiger partial charge in [-0.3, -0.25) is 39.5 Å². The van der Waals surface area contributed by atoms with Crippen molar-refractivity contribution in [2.45, 2.75) is 18.0 Å². The number of imide groups is 1. The van der Waals surface area contributed by atoms with E-state index in [9.17, 15) is 39.5 Å². The van der Waals surface area contributed by atoms with Crippen molar-refractivity contribution in [1.82, 2.24) is 10.2 Å². The Bertz CT molecular complexity index is 1260. The molecule has 4 atom stereocenters. The zero-order valence-electron chi connectivity index (χ0n) is 18.6. The van der Waals surface area contributed by atoms with E-state index in [0.29, 0.717) is 0 Å². The fourth-order valence-corrected chi connectivity index (χ4v) is 5.16. The van der Waals surface area contributed by atoms with Crippen LogP contribution in [0.5, 0.6) is 0 Å². The molecule has 4 N–H and O–H groups in total. The van der Waals surface area contributed by atoms with Gasteiger partial charge in [0, 0.05) is 30.9 Å². The lowest BCUT2D eigenvalue weighted by Gasteiger charge is -2.29. The Morgan fingerprint density at radius 1 is 1.14 bits per heavy atom. The summed E-state index contributed by atoms with van der Waals surface area (Å²) in [4.78, 5) is 62.5. The molecule has 2 aliphatic heterocycles. The van der Waals surface area contributed by atoms with Gasteiger partial charge in [-0.15, -0.1) is 0 Å². The second kappa shape index (κ2) is 9.55. The minimum atomic E-state index is -2.30. The molecular formula is C23H21ClN4O8. The Morgan fingerprint density at radius 2 is 1.83 bits per heavy atom. The number of rotatable bonds is 9. The number of halogens is 1. The Balaban J connectivity index is 1.71. The molecule has 188 valence electrons. The van der Waals surface area contributed by atoms with E-state index in [1.54, 1.807) is 24.3 Å². The average Bonchev–Trinajstić information content (AvgIpc) is 3.29. The van der Waals surface area contributed by atoms with E-state index in [4.69, 9.17) is 11.6 Å². The fourth-order valence-electron chi connectivity index (χ4n) is 4.97. The van der Waals surface area contributed by atoms with E-state index in [0.717, 1.165) is 16.7 Å². The predicted molar refractivity (Wildman–Crippen MR) is 125 cm³/mol. The van der Waals surface area contributed by atoms with E-state index in [-0.39, 0.29) is 23.7 Å². The number of amides is 2. The number of carboxylic acids is 2. The van der Waals surface area contributed by atoms with Crippen LogP contribution in [-0.4, -0.2) is 62.4 Å². The molecule has 0 radical (unpaired) electrons. The van der Waals surface area contributed by atoms with Crippen LogP contribution in [0.2, 0.25) is 5.02 Å². The van der Waals surface area contributed by atoms with Crippen LogP contribution in [-0.2, 0) is 19.2 Å². The molecule has 2 fully saturated rings. The predicted octanol–water partition coefficient (Wildman–Crippen LogP) is 1.90. The zero-order chi connectivity index (χ0) is 26.2. The van der Waals surface area contributed by atoms with Gasteiger partial charge in [0.25, 0.3) is 5.69 Å². The first-order valence-corrected chi connectivity index (χ1v) is 11.3. The monoisotopic (exact) mass is 516 g/mol. The van der Waals surface area contributed by atoms with Gasteiger partial charge in [-0.2, -0.15) is 0 Å². The molecule has 36 heavy (non-hydrogen) atoms. The lowest BCUT2D eigenvalue weighted by atomic mass is 9.77. The van der Waals surface area contributed by atoms with Crippen molar-refractivity contribution in [3.05, 3.63) is 69.2 Å². The largest absolute Gasteiger partial charge is 0.481 e. The summed E-state index contributed by atoms with van der Waals surface area (Å²) in [5.41, 5.74) is -1.89. The number of carboxylic acid groups (broad SMARTS) is 2. The summed E-state index contributed by atoms with van der Waals surface area (Å²) < 4.78 is 0. The molecule has 0 spiro atoms. The number of likely N-dealkylation sites (tertiary alicyclic amines) is 1. The SMILES string of the molecule is O=C(O)CC1(C(=O)O)NC(c2ccc(Cl)c([N+](=O)[O-])c2)C2C(=O)N(CCNc3ccccc3)C(=O)C21. The summed E-state index contributed by atoms with van der Waals surface area (Å²) in [5.74, 6) is -7.43. The summed E-state index contributed by atoms with van der Waals surface area (Å²) in [6.45, 7) is 0.0836. The first-order valence-electron chi connectivity index (χ1n) is 10.9. The van der Waals surface area contributed by atoms with E-state index >= 15 is 0 Å². The lowest BCUT2D eigenvalue weighted by molar-refractivity contribution is -0.384. The normalized spacial score (nSPS) is 25.0. The number of anilines is 1. The molecule has 13 heteroatoms. The van der Waals surface area contributed by atoms with Crippen molar-refractivity contribution in [2.75, 3.05) is 18.4 Å². The first-order chi connectivity index (χ1) is 17.1. The lowest BCUT2D eigenvalue weighted by Crippen LogP contribution is -2.57. The molecule has 4 unspecified atom stereocenters. The third kappa shape index (κ3) is 4.25. The van der Waals surface area contributed by atoms with Crippen LogP contribution in [0, 0.1) is 22.0 Å². The summed E-state index contributed by atoms with van der Waals surface area (Å²) >= 11 is 5.90. The van der Waals surface area contributed by atoms with Crippen molar-refractivity contribution in [3.8, 4) is 0 Å².